The van der Waals surface area contributed by atoms with Crippen LogP contribution in [0.1, 0.15) is 16.7 Å². The third kappa shape index (κ3) is 3.41. The lowest BCUT2D eigenvalue weighted by Gasteiger charge is -2.14. The molecule has 3 nitrogen and oxygen atoms in total. The molecule has 0 aliphatic carbocycles. The third-order valence-corrected chi connectivity index (χ3v) is 5.15. The van der Waals surface area contributed by atoms with Crippen molar-refractivity contribution in [1.29, 1.82) is 5.41 Å². The molecule has 0 bridgehead atoms. The third-order valence-electron chi connectivity index (χ3n) is 3.12. The molecule has 2 rings (SSSR count). The second-order valence-electron chi connectivity index (χ2n) is 4.72. The van der Waals surface area contributed by atoms with Crippen LogP contribution in [0.5, 0.6) is 11.5 Å². The Morgan fingerprint density at radius 2 is 1.86 bits per heavy atom. The number of nitrogens with one attached hydrogen (secondary N) is 1. The standard InChI is InChI=1S/C16H17BrN2OS/c1-9-7-11(8-10(2)15(9)17)20-12-5-4-6-13(21-3)14(12)16(18)19/h4-8H,1-3H3,(H3,18,19). The number of rotatable bonds is 4. The first-order valence-electron chi connectivity index (χ1n) is 6.40. The summed E-state index contributed by atoms with van der Waals surface area (Å²) < 4.78 is 7.06. The van der Waals surface area contributed by atoms with Crippen LogP contribution in [0.15, 0.2) is 39.7 Å². The summed E-state index contributed by atoms with van der Waals surface area (Å²) in [5.74, 6) is 1.37. The van der Waals surface area contributed by atoms with Gasteiger partial charge in [0.05, 0.1) is 5.56 Å². The number of hydrogen-bond acceptors (Lipinski definition) is 3. The molecule has 0 spiro atoms. The minimum absolute atomic E-state index is 0.0144. The highest BCUT2D eigenvalue weighted by Gasteiger charge is 2.13. The van der Waals surface area contributed by atoms with Crippen molar-refractivity contribution in [2.45, 2.75) is 18.7 Å². The Labute approximate surface area is 137 Å². The molecule has 0 aliphatic rings. The van der Waals surface area contributed by atoms with E-state index < -0.39 is 0 Å². The molecule has 0 radical (unpaired) electrons. The van der Waals surface area contributed by atoms with Gasteiger partial charge in [0.15, 0.2) is 0 Å². The van der Waals surface area contributed by atoms with Gasteiger partial charge < -0.3 is 10.5 Å². The fourth-order valence-electron chi connectivity index (χ4n) is 2.12. The molecule has 110 valence electrons. The van der Waals surface area contributed by atoms with Gasteiger partial charge in [-0.15, -0.1) is 11.8 Å². The number of thioether (sulfide) groups is 1. The minimum atomic E-state index is 0.0144. The van der Waals surface area contributed by atoms with Crippen LogP contribution in [0.4, 0.5) is 0 Å². The second kappa shape index (κ2) is 6.54. The Bertz CT molecular complexity index is 678. The van der Waals surface area contributed by atoms with E-state index in [0.717, 1.165) is 26.2 Å². The van der Waals surface area contributed by atoms with Gasteiger partial charge in [-0.2, -0.15) is 0 Å². The zero-order valence-corrected chi connectivity index (χ0v) is 14.6. The quantitative estimate of drug-likeness (QED) is 0.462. The smallest absolute Gasteiger partial charge is 0.139 e. The van der Waals surface area contributed by atoms with E-state index in [1.54, 1.807) is 11.8 Å². The summed E-state index contributed by atoms with van der Waals surface area (Å²) in [6, 6.07) is 9.61. The molecular formula is C16H17BrN2OS. The average Bonchev–Trinajstić information content (AvgIpc) is 2.44. The van der Waals surface area contributed by atoms with Crippen molar-refractivity contribution in [3.63, 3.8) is 0 Å². The van der Waals surface area contributed by atoms with E-state index in [-0.39, 0.29) is 5.84 Å². The van der Waals surface area contributed by atoms with Crippen molar-refractivity contribution in [3.05, 3.63) is 51.5 Å². The van der Waals surface area contributed by atoms with E-state index in [9.17, 15) is 0 Å². The maximum Gasteiger partial charge on any atom is 0.139 e. The highest BCUT2D eigenvalue weighted by Crippen LogP contribution is 2.34. The van der Waals surface area contributed by atoms with Crippen molar-refractivity contribution in [1.82, 2.24) is 0 Å². The summed E-state index contributed by atoms with van der Waals surface area (Å²) in [6.07, 6.45) is 1.96. The van der Waals surface area contributed by atoms with Gasteiger partial charge >= 0.3 is 0 Å². The lowest BCUT2D eigenvalue weighted by molar-refractivity contribution is 0.479. The summed E-state index contributed by atoms with van der Waals surface area (Å²) in [4.78, 5) is 0.936. The molecule has 0 unspecified atom stereocenters. The normalized spacial score (nSPS) is 10.5. The monoisotopic (exact) mass is 364 g/mol. The molecule has 2 aromatic carbocycles. The molecule has 0 aliphatic heterocycles. The summed E-state index contributed by atoms with van der Waals surface area (Å²) in [5, 5.41) is 7.78. The van der Waals surface area contributed by atoms with Crippen LogP contribution in [0.25, 0.3) is 0 Å². The van der Waals surface area contributed by atoms with Gasteiger partial charge in [-0.3, -0.25) is 5.41 Å². The number of amidine groups is 1. The van der Waals surface area contributed by atoms with Crippen LogP contribution in [-0.4, -0.2) is 12.1 Å². The highest BCUT2D eigenvalue weighted by molar-refractivity contribution is 9.10. The molecule has 21 heavy (non-hydrogen) atoms. The summed E-state index contributed by atoms with van der Waals surface area (Å²) in [7, 11) is 0. The Morgan fingerprint density at radius 3 is 2.38 bits per heavy atom. The van der Waals surface area contributed by atoms with E-state index in [2.05, 4.69) is 15.9 Å². The molecule has 0 aromatic heterocycles. The van der Waals surface area contributed by atoms with Gasteiger partial charge in [0, 0.05) is 9.37 Å². The van der Waals surface area contributed by atoms with Gasteiger partial charge in [0.1, 0.15) is 17.3 Å². The fraction of sp³-hybridized carbons (Fsp3) is 0.188. The summed E-state index contributed by atoms with van der Waals surface area (Å²) >= 11 is 5.10. The van der Waals surface area contributed by atoms with E-state index >= 15 is 0 Å². The van der Waals surface area contributed by atoms with Crippen molar-refractivity contribution < 1.29 is 4.74 Å². The van der Waals surface area contributed by atoms with Gasteiger partial charge in [0.25, 0.3) is 0 Å². The predicted octanol–water partition coefficient (Wildman–Crippen LogP) is 4.86. The van der Waals surface area contributed by atoms with Gasteiger partial charge in [-0.05, 0) is 55.5 Å². The van der Waals surface area contributed by atoms with Crippen LogP contribution < -0.4 is 10.5 Å². The molecule has 0 amide bonds. The van der Waals surface area contributed by atoms with Crippen molar-refractivity contribution >= 4 is 33.5 Å². The zero-order valence-electron chi connectivity index (χ0n) is 12.2. The van der Waals surface area contributed by atoms with Gasteiger partial charge in [-0.25, -0.2) is 0 Å². The first kappa shape index (κ1) is 15.9. The molecule has 3 N–H and O–H groups in total. The Balaban J connectivity index is 2.47. The summed E-state index contributed by atoms with van der Waals surface area (Å²) in [6.45, 7) is 4.04. The predicted molar refractivity (Wildman–Crippen MR) is 92.9 cm³/mol. The second-order valence-corrected chi connectivity index (χ2v) is 6.36. The summed E-state index contributed by atoms with van der Waals surface area (Å²) in [5.41, 5.74) is 8.57. The number of benzene rings is 2. The van der Waals surface area contributed by atoms with Crippen LogP contribution in [0, 0.1) is 19.3 Å². The lowest BCUT2D eigenvalue weighted by atomic mass is 10.1. The maximum absolute atomic E-state index is 7.78. The first-order chi connectivity index (χ1) is 9.93. The zero-order chi connectivity index (χ0) is 15.6. The molecule has 2 aromatic rings. The van der Waals surface area contributed by atoms with Crippen molar-refractivity contribution in [2.24, 2.45) is 5.73 Å². The SMILES string of the molecule is CSc1cccc(Oc2cc(C)c(Br)c(C)c2)c1C(=N)N. The fourth-order valence-corrected chi connectivity index (χ4v) is 2.98. The molecular weight excluding hydrogens is 348 g/mol. The minimum Gasteiger partial charge on any atom is -0.457 e. The van der Waals surface area contributed by atoms with Gasteiger partial charge in [-0.1, -0.05) is 22.0 Å². The average molecular weight is 365 g/mol. The van der Waals surface area contributed by atoms with Gasteiger partial charge in [0.2, 0.25) is 0 Å². The number of hydrogen-bond donors (Lipinski definition) is 2. The Kier molecular flexibility index (Phi) is 4.96. The highest BCUT2D eigenvalue weighted by atomic mass is 79.9. The molecule has 0 atom stereocenters. The van der Waals surface area contributed by atoms with E-state index in [1.165, 1.54) is 0 Å². The lowest BCUT2D eigenvalue weighted by Crippen LogP contribution is -2.13. The topological polar surface area (TPSA) is 59.1 Å². The molecule has 0 saturated carbocycles. The number of aryl methyl sites for hydroxylation is 2. The van der Waals surface area contributed by atoms with Crippen LogP contribution in [0.2, 0.25) is 0 Å². The molecule has 0 heterocycles. The number of nitrogens with two attached hydrogens (primary N) is 1. The Hall–Kier alpha value is -1.46. The van der Waals surface area contributed by atoms with Crippen molar-refractivity contribution in [3.8, 4) is 11.5 Å². The molecule has 0 fully saturated rings. The van der Waals surface area contributed by atoms with Crippen molar-refractivity contribution in [2.75, 3.05) is 6.26 Å². The van der Waals surface area contributed by atoms with Crippen LogP contribution >= 0.6 is 27.7 Å². The van der Waals surface area contributed by atoms with E-state index in [0.29, 0.717) is 11.3 Å². The Morgan fingerprint density at radius 1 is 1.24 bits per heavy atom. The van der Waals surface area contributed by atoms with Crippen LogP contribution in [-0.2, 0) is 0 Å². The first-order valence-corrected chi connectivity index (χ1v) is 8.41. The van der Waals surface area contributed by atoms with E-state index in [4.69, 9.17) is 15.9 Å². The van der Waals surface area contributed by atoms with Crippen LogP contribution in [0.3, 0.4) is 0 Å². The van der Waals surface area contributed by atoms with E-state index in [1.807, 2.05) is 50.4 Å². The molecule has 5 heteroatoms. The number of halogens is 1. The maximum atomic E-state index is 7.78. The number of nitrogen functional groups attached to an aromatic ring is 1. The molecule has 0 saturated heterocycles. The largest absolute Gasteiger partial charge is 0.457 e. The number of ether oxygens (including phenoxy) is 1.